The smallest absolute Gasteiger partial charge is 0.287 e. The van der Waals surface area contributed by atoms with E-state index in [1.54, 1.807) is 4.90 Å². The maximum Gasteiger partial charge on any atom is 0.287 e. The Labute approximate surface area is 104 Å². The molecule has 0 unspecified atom stereocenters. The lowest BCUT2D eigenvalue weighted by Gasteiger charge is -2.30. The van der Waals surface area contributed by atoms with Gasteiger partial charge in [0.25, 0.3) is 11.6 Å². The molecule has 98 valence electrons. The predicted octanol–water partition coefficient (Wildman–Crippen LogP) is 0.767. The molecule has 2 heterocycles. The molecule has 2 N–H and O–H groups in total. The second-order valence-corrected chi connectivity index (χ2v) is 4.45. The Morgan fingerprint density at radius 3 is 2.72 bits per heavy atom. The summed E-state index contributed by atoms with van der Waals surface area (Å²) in [4.78, 5) is 26.3. The molecular weight excluding hydrogens is 238 g/mol. The Kier molecular flexibility index (Phi) is 3.61. The molecular formula is C11H15N3O4. The number of carbonyl (C=O) groups excluding carboxylic acids is 1. The summed E-state index contributed by atoms with van der Waals surface area (Å²) < 4.78 is 0. The van der Waals surface area contributed by atoms with Gasteiger partial charge in [-0.1, -0.05) is 0 Å². The number of amides is 1. The number of piperidine rings is 1. The van der Waals surface area contributed by atoms with Gasteiger partial charge in [0, 0.05) is 25.8 Å². The van der Waals surface area contributed by atoms with Gasteiger partial charge in [-0.15, -0.1) is 0 Å². The van der Waals surface area contributed by atoms with Crippen LogP contribution >= 0.6 is 0 Å². The highest BCUT2D eigenvalue weighted by atomic mass is 16.6. The third-order valence-electron chi connectivity index (χ3n) is 3.27. The minimum absolute atomic E-state index is 0.108. The minimum atomic E-state index is -0.536. The summed E-state index contributed by atoms with van der Waals surface area (Å²) in [5.41, 5.74) is 0.132. The predicted molar refractivity (Wildman–Crippen MR) is 63.2 cm³/mol. The number of rotatable bonds is 3. The highest BCUT2D eigenvalue weighted by Crippen LogP contribution is 2.19. The van der Waals surface area contributed by atoms with Crippen molar-refractivity contribution in [1.29, 1.82) is 0 Å². The summed E-state index contributed by atoms with van der Waals surface area (Å²) in [5.74, 6) is 0.0338. The number of likely N-dealkylation sites (tertiary alicyclic amines) is 1. The van der Waals surface area contributed by atoms with Crippen LogP contribution in [0.4, 0.5) is 5.69 Å². The van der Waals surface area contributed by atoms with Crippen LogP contribution in [0.5, 0.6) is 0 Å². The molecule has 7 nitrogen and oxygen atoms in total. The van der Waals surface area contributed by atoms with Crippen LogP contribution in [0.25, 0.3) is 0 Å². The molecule has 1 aromatic rings. The van der Waals surface area contributed by atoms with Gasteiger partial charge in [0.2, 0.25) is 0 Å². The van der Waals surface area contributed by atoms with Crippen LogP contribution in [0, 0.1) is 16.0 Å². The summed E-state index contributed by atoms with van der Waals surface area (Å²) in [6.45, 7) is 1.31. The van der Waals surface area contributed by atoms with Gasteiger partial charge < -0.3 is 15.0 Å². The molecule has 1 aliphatic heterocycles. The van der Waals surface area contributed by atoms with E-state index in [9.17, 15) is 14.9 Å². The lowest BCUT2D eigenvalue weighted by Crippen LogP contribution is -2.39. The van der Waals surface area contributed by atoms with E-state index in [1.807, 2.05) is 0 Å². The summed E-state index contributed by atoms with van der Waals surface area (Å²) >= 11 is 0. The number of hydrogen-bond donors (Lipinski definition) is 2. The molecule has 1 saturated heterocycles. The number of H-pyrrole nitrogens is 1. The van der Waals surface area contributed by atoms with E-state index in [4.69, 9.17) is 5.11 Å². The Bertz CT molecular complexity index is 449. The largest absolute Gasteiger partial charge is 0.396 e. The lowest BCUT2D eigenvalue weighted by atomic mass is 9.98. The van der Waals surface area contributed by atoms with Gasteiger partial charge in [-0.05, 0) is 18.8 Å². The van der Waals surface area contributed by atoms with Gasteiger partial charge in [0.1, 0.15) is 5.69 Å². The zero-order valence-electron chi connectivity index (χ0n) is 9.83. The molecule has 7 heteroatoms. The highest BCUT2D eigenvalue weighted by molar-refractivity contribution is 5.93. The number of aliphatic hydroxyl groups is 1. The monoisotopic (exact) mass is 253 g/mol. The molecule has 0 atom stereocenters. The molecule has 0 spiro atoms. The van der Waals surface area contributed by atoms with Crippen molar-refractivity contribution < 1.29 is 14.8 Å². The molecule has 1 aromatic heterocycles. The van der Waals surface area contributed by atoms with Crippen LogP contribution in [0.1, 0.15) is 23.3 Å². The van der Waals surface area contributed by atoms with E-state index < -0.39 is 4.92 Å². The van der Waals surface area contributed by atoms with Crippen molar-refractivity contribution in [1.82, 2.24) is 9.88 Å². The van der Waals surface area contributed by atoms with Crippen molar-refractivity contribution in [3.8, 4) is 0 Å². The topological polar surface area (TPSA) is 99.5 Å². The van der Waals surface area contributed by atoms with Crippen LogP contribution in [0.3, 0.4) is 0 Å². The third-order valence-corrected chi connectivity index (χ3v) is 3.27. The first-order chi connectivity index (χ1) is 8.61. The second kappa shape index (κ2) is 5.18. The summed E-state index contributed by atoms with van der Waals surface area (Å²) in [6, 6.07) is 1.25. The van der Waals surface area contributed by atoms with E-state index in [2.05, 4.69) is 4.98 Å². The van der Waals surface area contributed by atoms with Gasteiger partial charge in [-0.2, -0.15) is 0 Å². The van der Waals surface area contributed by atoms with Gasteiger partial charge in [-0.25, -0.2) is 0 Å². The van der Waals surface area contributed by atoms with Crippen LogP contribution in [0.2, 0.25) is 0 Å². The molecule has 1 amide bonds. The number of nitro groups is 1. The molecule has 0 aromatic carbocycles. The first-order valence-electron chi connectivity index (χ1n) is 5.84. The van der Waals surface area contributed by atoms with Crippen molar-refractivity contribution >= 4 is 11.6 Å². The zero-order chi connectivity index (χ0) is 13.1. The third kappa shape index (κ3) is 2.51. The fourth-order valence-electron chi connectivity index (χ4n) is 2.10. The summed E-state index contributed by atoms with van der Waals surface area (Å²) in [5, 5.41) is 19.5. The number of aliphatic hydroxyl groups excluding tert-OH is 1. The first kappa shape index (κ1) is 12.6. The highest BCUT2D eigenvalue weighted by Gasteiger charge is 2.25. The van der Waals surface area contributed by atoms with Crippen molar-refractivity contribution in [2.24, 2.45) is 5.92 Å². The second-order valence-electron chi connectivity index (χ2n) is 4.45. The molecule has 0 saturated carbocycles. The van der Waals surface area contributed by atoms with E-state index in [1.165, 1.54) is 12.3 Å². The number of carbonyl (C=O) groups is 1. The number of aromatic nitrogens is 1. The Morgan fingerprint density at radius 2 is 2.22 bits per heavy atom. The van der Waals surface area contributed by atoms with E-state index >= 15 is 0 Å². The standard InChI is InChI=1S/C11H15N3O4/c15-7-8-1-3-13(4-2-8)11(16)10-5-9(6-12-10)14(17)18/h5-6,8,12,15H,1-4,7H2. The average molecular weight is 253 g/mol. The van der Waals surface area contributed by atoms with Gasteiger partial charge >= 0.3 is 0 Å². The minimum Gasteiger partial charge on any atom is -0.396 e. The van der Waals surface area contributed by atoms with E-state index in [0.717, 1.165) is 12.8 Å². The van der Waals surface area contributed by atoms with Crippen LogP contribution in [-0.4, -0.2) is 45.5 Å². The van der Waals surface area contributed by atoms with E-state index in [-0.39, 0.29) is 29.8 Å². The van der Waals surface area contributed by atoms with Crippen LogP contribution in [0.15, 0.2) is 12.3 Å². The van der Waals surface area contributed by atoms with Crippen molar-refractivity contribution in [2.45, 2.75) is 12.8 Å². The first-order valence-corrected chi connectivity index (χ1v) is 5.84. The van der Waals surface area contributed by atoms with Gasteiger partial charge in [0.15, 0.2) is 0 Å². The number of hydrogen-bond acceptors (Lipinski definition) is 4. The molecule has 0 radical (unpaired) electrons. The maximum absolute atomic E-state index is 12.0. The summed E-state index contributed by atoms with van der Waals surface area (Å²) in [6.07, 6.45) is 2.75. The Morgan fingerprint density at radius 1 is 1.56 bits per heavy atom. The van der Waals surface area contributed by atoms with Gasteiger partial charge in [0.05, 0.1) is 11.1 Å². The number of nitrogens with zero attached hydrogens (tertiary/aromatic N) is 2. The molecule has 0 bridgehead atoms. The fourth-order valence-corrected chi connectivity index (χ4v) is 2.10. The lowest BCUT2D eigenvalue weighted by molar-refractivity contribution is -0.384. The fraction of sp³-hybridized carbons (Fsp3) is 0.545. The van der Waals surface area contributed by atoms with Crippen LogP contribution < -0.4 is 0 Å². The SMILES string of the molecule is O=C(c1cc([N+](=O)[O-])c[nH]1)N1CCC(CO)CC1. The quantitative estimate of drug-likeness (QED) is 0.613. The van der Waals surface area contributed by atoms with Crippen molar-refractivity contribution in [3.63, 3.8) is 0 Å². The zero-order valence-corrected chi connectivity index (χ0v) is 9.83. The Hall–Kier alpha value is -1.89. The van der Waals surface area contributed by atoms with Crippen molar-refractivity contribution in [2.75, 3.05) is 19.7 Å². The number of aromatic amines is 1. The molecule has 0 aliphatic carbocycles. The van der Waals surface area contributed by atoms with Crippen molar-refractivity contribution in [3.05, 3.63) is 28.1 Å². The molecule has 18 heavy (non-hydrogen) atoms. The molecule has 2 rings (SSSR count). The average Bonchev–Trinajstić information content (AvgIpc) is 2.88. The molecule has 1 aliphatic rings. The number of nitrogens with one attached hydrogen (secondary N) is 1. The van der Waals surface area contributed by atoms with Gasteiger partial charge in [-0.3, -0.25) is 14.9 Å². The van der Waals surface area contributed by atoms with E-state index in [0.29, 0.717) is 13.1 Å². The maximum atomic E-state index is 12.0. The Balaban J connectivity index is 2.01. The molecule has 1 fully saturated rings. The summed E-state index contributed by atoms with van der Waals surface area (Å²) in [7, 11) is 0. The van der Waals surface area contributed by atoms with Crippen LogP contribution in [-0.2, 0) is 0 Å². The normalized spacial score (nSPS) is 16.8.